The fraction of sp³-hybridized carbons (Fsp3) is 0.143. The molecule has 52 valence electrons. The minimum absolute atomic E-state index is 0.533. The van der Waals surface area contributed by atoms with Gasteiger partial charge < -0.3 is 0 Å². The van der Waals surface area contributed by atoms with E-state index in [1.165, 1.54) is 0 Å². The monoisotopic (exact) mass is 143 g/mol. The lowest BCUT2D eigenvalue weighted by atomic mass is 10.0. The zero-order valence-electron chi connectivity index (χ0n) is 6.15. The van der Waals surface area contributed by atoms with Gasteiger partial charge in [0.2, 0.25) is 0 Å². The van der Waals surface area contributed by atoms with Crippen molar-refractivity contribution < 1.29 is 0 Å². The lowest BCUT2D eigenvalue weighted by molar-refractivity contribution is 0.779. The molecule has 2 radical (unpaired) electrons. The van der Waals surface area contributed by atoms with Crippen LogP contribution < -0.4 is 5.59 Å². The van der Waals surface area contributed by atoms with Crippen LogP contribution in [0.15, 0.2) is 18.5 Å². The molecule has 0 spiro atoms. The van der Waals surface area contributed by atoms with E-state index in [1.54, 1.807) is 10.9 Å². The Kier molecular flexibility index (Phi) is 1.21. The van der Waals surface area contributed by atoms with Crippen LogP contribution in [0.2, 0.25) is 0 Å². The molecule has 4 heteroatoms. The molecule has 0 bridgehead atoms. The van der Waals surface area contributed by atoms with E-state index >= 15 is 0 Å². The third-order valence-electron chi connectivity index (χ3n) is 1.53. The summed E-state index contributed by atoms with van der Waals surface area (Å²) in [5.74, 6) is 0. The van der Waals surface area contributed by atoms with Gasteiger partial charge in [-0.15, -0.1) is 0 Å². The summed E-state index contributed by atoms with van der Waals surface area (Å²) >= 11 is 0. The van der Waals surface area contributed by atoms with E-state index in [1.807, 2.05) is 19.3 Å². The number of hydrogen-bond acceptors (Lipinski definition) is 2. The Balaban J connectivity index is 2.82. The van der Waals surface area contributed by atoms with Gasteiger partial charge in [0.25, 0.3) is 0 Å². The van der Waals surface area contributed by atoms with E-state index in [-0.39, 0.29) is 0 Å². The van der Waals surface area contributed by atoms with Crippen molar-refractivity contribution in [3.05, 3.63) is 18.5 Å². The van der Waals surface area contributed by atoms with Gasteiger partial charge in [-0.05, 0) is 11.7 Å². The molecule has 0 aliphatic heterocycles. The standard InChI is InChI=1S/C7H6BN3/c1-11-4-5-2-7(8)9-3-6(5)10-11/h2-4H,1H3. The van der Waals surface area contributed by atoms with Crippen molar-refractivity contribution in [2.24, 2.45) is 7.05 Å². The summed E-state index contributed by atoms with van der Waals surface area (Å²) in [6.07, 6.45) is 3.58. The highest BCUT2D eigenvalue weighted by molar-refractivity contribution is 6.31. The first-order chi connectivity index (χ1) is 5.25. The number of nitrogens with zero attached hydrogens (tertiary/aromatic N) is 3. The molecule has 0 aliphatic rings. The quantitative estimate of drug-likeness (QED) is 0.476. The van der Waals surface area contributed by atoms with Crippen molar-refractivity contribution in [1.29, 1.82) is 0 Å². The number of aryl methyl sites for hydroxylation is 1. The van der Waals surface area contributed by atoms with Crippen LogP contribution in [-0.4, -0.2) is 22.6 Å². The predicted molar refractivity (Wildman–Crippen MR) is 43.9 cm³/mol. The molecule has 0 N–H and O–H groups in total. The molecule has 0 amide bonds. The van der Waals surface area contributed by atoms with E-state index in [0.29, 0.717) is 5.59 Å². The van der Waals surface area contributed by atoms with Crippen molar-refractivity contribution in [3.8, 4) is 0 Å². The molecule has 0 aromatic carbocycles. The summed E-state index contributed by atoms with van der Waals surface area (Å²) in [5, 5.41) is 5.18. The zero-order chi connectivity index (χ0) is 7.84. The van der Waals surface area contributed by atoms with Gasteiger partial charge in [-0.3, -0.25) is 9.67 Å². The minimum atomic E-state index is 0.533. The maximum Gasteiger partial charge on any atom is 0.141 e. The fourth-order valence-corrected chi connectivity index (χ4v) is 1.07. The fourth-order valence-electron chi connectivity index (χ4n) is 1.07. The Morgan fingerprint density at radius 2 is 2.36 bits per heavy atom. The van der Waals surface area contributed by atoms with Crippen molar-refractivity contribution in [1.82, 2.24) is 14.8 Å². The Morgan fingerprint density at radius 1 is 1.55 bits per heavy atom. The van der Waals surface area contributed by atoms with Gasteiger partial charge >= 0.3 is 0 Å². The van der Waals surface area contributed by atoms with Gasteiger partial charge in [-0.1, -0.05) is 0 Å². The Bertz CT molecular complexity index is 393. The van der Waals surface area contributed by atoms with E-state index in [2.05, 4.69) is 10.1 Å². The maximum atomic E-state index is 5.48. The van der Waals surface area contributed by atoms with Crippen LogP contribution in [-0.2, 0) is 7.05 Å². The van der Waals surface area contributed by atoms with Crippen LogP contribution in [0.1, 0.15) is 0 Å². The van der Waals surface area contributed by atoms with Gasteiger partial charge in [-0.2, -0.15) is 5.10 Å². The number of fused-ring (bicyclic) bond motifs is 1. The third kappa shape index (κ3) is 1.00. The van der Waals surface area contributed by atoms with Crippen LogP contribution in [0.5, 0.6) is 0 Å². The third-order valence-corrected chi connectivity index (χ3v) is 1.53. The predicted octanol–water partition coefficient (Wildman–Crippen LogP) is -0.238. The van der Waals surface area contributed by atoms with E-state index < -0.39 is 0 Å². The Labute approximate surface area is 65.5 Å². The van der Waals surface area contributed by atoms with Crippen LogP contribution in [0, 0.1) is 0 Å². The summed E-state index contributed by atoms with van der Waals surface area (Å²) in [6, 6.07) is 1.81. The number of hydrogen-bond donors (Lipinski definition) is 0. The molecule has 2 heterocycles. The second-order valence-corrected chi connectivity index (χ2v) is 2.47. The first-order valence-corrected chi connectivity index (χ1v) is 3.30. The van der Waals surface area contributed by atoms with E-state index in [4.69, 9.17) is 7.85 Å². The van der Waals surface area contributed by atoms with E-state index in [0.717, 1.165) is 10.9 Å². The first kappa shape index (κ1) is 6.40. The summed E-state index contributed by atoms with van der Waals surface area (Å²) in [4.78, 5) is 3.92. The lowest BCUT2D eigenvalue weighted by Gasteiger charge is -1.88. The highest BCUT2D eigenvalue weighted by atomic mass is 15.2. The molecule has 0 fully saturated rings. The second kappa shape index (κ2) is 2.08. The molecule has 3 nitrogen and oxygen atoms in total. The summed E-state index contributed by atoms with van der Waals surface area (Å²) in [5.41, 5.74) is 1.41. The largest absolute Gasteiger partial charge is 0.275 e. The molecular formula is C7H6BN3. The number of rotatable bonds is 0. The summed E-state index contributed by atoms with van der Waals surface area (Å²) in [6.45, 7) is 0. The topological polar surface area (TPSA) is 30.7 Å². The average molecular weight is 143 g/mol. The smallest absolute Gasteiger partial charge is 0.141 e. The van der Waals surface area contributed by atoms with Crippen LogP contribution in [0.25, 0.3) is 10.9 Å². The minimum Gasteiger partial charge on any atom is -0.275 e. The van der Waals surface area contributed by atoms with Crippen LogP contribution in [0.4, 0.5) is 0 Å². The first-order valence-electron chi connectivity index (χ1n) is 3.30. The average Bonchev–Trinajstić information content (AvgIpc) is 2.27. The van der Waals surface area contributed by atoms with Crippen LogP contribution in [0.3, 0.4) is 0 Å². The Morgan fingerprint density at radius 3 is 3.18 bits per heavy atom. The molecule has 0 saturated heterocycles. The summed E-state index contributed by atoms with van der Waals surface area (Å²) < 4.78 is 1.74. The lowest BCUT2D eigenvalue weighted by Crippen LogP contribution is -2.05. The van der Waals surface area contributed by atoms with Crippen molar-refractivity contribution in [2.45, 2.75) is 0 Å². The maximum absolute atomic E-state index is 5.48. The van der Waals surface area contributed by atoms with Gasteiger partial charge in [0, 0.05) is 18.6 Å². The highest BCUT2D eigenvalue weighted by Gasteiger charge is 1.96. The van der Waals surface area contributed by atoms with Gasteiger partial charge in [0.05, 0.1) is 6.20 Å². The highest BCUT2D eigenvalue weighted by Crippen LogP contribution is 2.06. The van der Waals surface area contributed by atoms with E-state index in [9.17, 15) is 0 Å². The molecule has 0 atom stereocenters. The SMILES string of the molecule is [B]c1cc2cn(C)nc2cn1. The van der Waals surface area contributed by atoms with Crippen molar-refractivity contribution in [2.75, 3.05) is 0 Å². The number of aromatic nitrogens is 3. The van der Waals surface area contributed by atoms with Gasteiger partial charge in [0.1, 0.15) is 13.4 Å². The van der Waals surface area contributed by atoms with Gasteiger partial charge in [-0.25, -0.2) is 0 Å². The molecule has 2 rings (SSSR count). The number of pyridine rings is 1. The molecule has 0 saturated carbocycles. The molecular weight excluding hydrogens is 137 g/mol. The van der Waals surface area contributed by atoms with Crippen molar-refractivity contribution in [3.63, 3.8) is 0 Å². The molecule has 2 aromatic heterocycles. The normalized spacial score (nSPS) is 10.6. The van der Waals surface area contributed by atoms with Crippen LogP contribution >= 0.6 is 0 Å². The molecule has 0 aliphatic carbocycles. The summed E-state index contributed by atoms with van der Waals surface area (Å²) in [7, 11) is 7.36. The van der Waals surface area contributed by atoms with Gasteiger partial charge in [0.15, 0.2) is 0 Å². The molecule has 11 heavy (non-hydrogen) atoms. The molecule has 0 unspecified atom stereocenters. The molecule has 2 aromatic rings. The Hall–Kier alpha value is -1.32. The zero-order valence-corrected chi connectivity index (χ0v) is 6.15. The van der Waals surface area contributed by atoms with Crippen molar-refractivity contribution >= 4 is 24.3 Å². The second-order valence-electron chi connectivity index (χ2n) is 2.47.